The van der Waals surface area contributed by atoms with Crippen LogP contribution in [-0.2, 0) is 6.42 Å². The lowest BCUT2D eigenvalue weighted by Crippen LogP contribution is -2.33. The molecule has 1 unspecified atom stereocenters. The van der Waals surface area contributed by atoms with Crippen LogP contribution in [0.4, 0.5) is 4.79 Å². The van der Waals surface area contributed by atoms with E-state index >= 15 is 0 Å². The topological polar surface area (TPSA) is 80.7 Å². The summed E-state index contributed by atoms with van der Waals surface area (Å²) >= 11 is 1.62. The Kier molecular flexibility index (Phi) is 6.44. The maximum absolute atomic E-state index is 10.6. The Morgan fingerprint density at radius 1 is 1.50 bits per heavy atom. The average Bonchev–Trinajstić information content (AvgIpc) is 2.39. The molecule has 0 saturated carbocycles. The van der Waals surface area contributed by atoms with Crippen LogP contribution in [0.5, 0.6) is 11.6 Å². The predicted molar refractivity (Wildman–Crippen MR) is 78.1 cm³/mol. The second-order valence-electron chi connectivity index (χ2n) is 4.13. The zero-order valence-electron chi connectivity index (χ0n) is 12.1. The fraction of sp³-hybridized carbons (Fsp3) is 0.538. The summed E-state index contributed by atoms with van der Waals surface area (Å²) in [6.07, 6.45) is -0.621. The normalized spacial score (nSPS) is 11.8. The Hall–Kier alpha value is -1.63. The molecule has 1 rings (SSSR count). The summed E-state index contributed by atoms with van der Waals surface area (Å²) in [5.74, 6) is 2.08. The van der Waals surface area contributed by atoms with Gasteiger partial charge < -0.3 is 19.9 Å². The predicted octanol–water partition coefficient (Wildman–Crippen LogP) is 2.41. The van der Waals surface area contributed by atoms with Crippen LogP contribution in [0.15, 0.2) is 11.0 Å². The van der Waals surface area contributed by atoms with Gasteiger partial charge in [-0.05, 0) is 12.7 Å². The highest BCUT2D eigenvalue weighted by atomic mass is 32.2. The van der Waals surface area contributed by atoms with Crippen LogP contribution in [0.2, 0.25) is 0 Å². The molecule has 0 aliphatic carbocycles. The third-order valence-corrected chi connectivity index (χ3v) is 3.47. The second-order valence-corrected chi connectivity index (χ2v) is 5.44. The third-order valence-electron chi connectivity index (χ3n) is 2.58. The van der Waals surface area contributed by atoms with Crippen LogP contribution >= 0.6 is 11.8 Å². The minimum atomic E-state index is -1.05. The first kappa shape index (κ1) is 16.4. The van der Waals surface area contributed by atoms with Gasteiger partial charge in [-0.2, -0.15) is 0 Å². The molecule has 0 spiro atoms. The Balaban J connectivity index is 3.02. The van der Waals surface area contributed by atoms with E-state index in [-0.39, 0.29) is 6.04 Å². The standard InChI is InChI=1S/C13H20N2O4S/c1-5-20-11-7-10(18-3)9(15-12(11)19-4)6-8(2)14-13(16)17/h7-8,14H,5-6H2,1-4H3,(H,16,17). The number of hydrogen-bond acceptors (Lipinski definition) is 5. The van der Waals surface area contributed by atoms with Crippen LogP contribution in [0.25, 0.3) is 0 Å². The molecule has 7 heteroatoms. The highest BCUT2D eigenvalue weighted by Crippen LogP contribution is 2.33. The van der Waals surface area contributed by atoms with E-state index in [2.05, 4.69) is 10.3 Å². The van der Waals surface area contributed by atoms with Gasteiger partial charge >= 0.3 is 6.09 Å². The number of pyridine rings is 1. The zero-order chi connectivity index (χ0) is 15.1. The first-order valence-electron chi connectivity index (χ1n) is 6.25. The summed E-state index contributed by atoms with van der Waals surface area (Å²) in [6, 6.07) is 1.62. The van der Waals surface area contributed by atoms with Gasteiger partial charge in [-0.3, -0.25) is 0 Å². The number of carboxylic acid groups (broad SMARTS) is 1. The average molecular weight is 300 g/mol. The highest BCUT2D eigenvalue weighted by Gasteiger charge is 2.16. The molecule has 1 amide bonds. The quantitative estimate of drug-likeness (QED) is 0.753. The number of aromatic nitrogens is 1. The van der Waals surface area contributed by atoms with Gasteiger partial charge in [0.2, 0.25) is 5.88 Å². The zero-order valence-corrected chi connectivity index (χ0v) is 12.9. The molecule has 0 aromatic carbocycles. The molecule has 1 heterocycles. The van der Waals surface area contributed by atoms with Crippen molar-refractivity contribution in [1.82, 2.24) is 10.3 Å². The minimum Gasteiger partial charge on any atom is -0.495 e. The Labute approximate surface area is 122 Å². The third kappa shape index (κ3) is 4.48. The fourth-order valence-corrected chi connectivity index (χ4v) is 2.53. The van der Waals surface area contributed by atoms with Crippen molar-refractivity contribution in [3.8, 4) is 11.6 Å². The van der Waals surface area contributed by atoms with Crippen LogP contribution < -0.4 is 14.8 Å². The first-order chi connectivity index (χ1) is 9.51. The van der Waals surface area contributed by atoms with Crippen molar-refractivity contribution >= 4 is 17.9 Å². The molecule has 1 aromatic heterocycles. The molecule has 0 saturated heterocycles. The summed E-state index contributed by atoms with van der Waals surface area (Å²) in [6.45, 7) is 3.82. The number of thioether (sulfide) groups is 1. The van der Waals surface area contributed by atoms with E-state index in [1.165, 1.54) is 0 Å². The summed E-state index contributed by atoms with van der Waals surface area (Å²) in [7, 11) is 3.14. The maximum Gasteiger partial charge on any atom is 0.404 e. The van der Waals surface area contributed by atoms with Crippen LogP contribution in [0, 0.1) is 0 Å². The van der Waals surface area contributed by atoms with Crippen molar-refractivity contribution in [3.05, 3.63) is 11.8 Å². The lowest BCUT2D eigenvalue weighted by Gasteiger charge is -2.16. The Morgan fingerprint density at radius 3 is 2.70 bits per heavy atom. The number of nitrogens with zero attached hydrogens (tertiary/aromatic N) is 1. The van der Waals surface area contributed by atoms with E-state index < -0.39 is 6.09 Å². The lowest BCUT2D eigenvalue weighted by molar-refractivity contribution is 0.190. The van der Waals surface area contributed by atoms with Crippen molar-refractivity contribution < 1.29 is 19.4 Å². The molecule has 6 nitrogen and oxygen atoms in total. The van der Waals surface area contributed by atoms with Crippen molar-refractivity contribution in [2.75, 3.05) is 20.0 Å². The molecule has 0 radical (unpaired) electrons. The molecule has 0 bridgehead atoms. The van der Waals surface area contributed by atoms with Gasteiger partial charge in [0.15, 0.2) is 0 Å². The van der Waals surface area contributed by atoms with Crippen LogP contribution in [0.1, 0.15) is 19.5 Å². The van der Waals surface area contributed by atoms with Gasteiger partial charge in [0, 0.05) is 18.5 Å². The minimum absolute atomic E-state index is 0.261. The number of methoxy groups -OCH3 is 2. The molecular weight excluding hydrogens is 280 g/mol. The second kappa shape index (κ2) is 7.84. The van der Waals surface area contributed by atoms with Crippen molar-refractivity contribution in [2.45, 2.75) is 31.2 Å². The molecule has 0 aliphatic rings. The van der Waals surface area contributed by atoms with E-state index in [0.29, 0.717) is 23.7 Å². The summed E-state index contributed by atoms with van der Waals surface area (Å²) in [4.78, 5) is 16.0. The largest absolute Gasteiger partial charge is 0.495 e. The molecular formula is C13H20N2O4S. The summed E-state index contributed by atoms with van der Waals surface area (Å²) < 4.78 is 10.6. The number of ether oxygens (including phenoxy) is 2. The number of nitrogens with one attached hydrogen (secondary N) is 1. The van der Waals surface area contributed by atoms with Crippen molar-refractivity contribution in [2.24, 2.45) is 0 Å². The maximum atomic E-state index is 10.6. The van der Waals surface area contributed by atoms with Gasteiger partial charge in [-0.1, -0.05) is 6.92 Å². The van der Waals surface area contributed by atoms with Gasteiger partial charge in [-0.25, -0.2) is 9.78 Å². The number of amides is 1. The van der Waals surface area contributed by atoms with Crippen LogP contribution in [0.3, 0.4) is 0 Å². The Bertz CT molecular complexity index is 468. The number of rotatable bonds is 7. The van der Waals surface area contributed by atoms with Gasteiger partial charge in [0.1, 0.15) is 5.75 Å². The summed E-state index contributed by atoms with van der Waals surface area (Å²) in [5.41, 5.74) is 0.672. The SMILES string of the molecule is CCSc1cc(OC)c(CC(C)NC(=O)O)nc1OC. The monoisotopic (exact) mass is 300 g/mol. The van der Waals surface area contributed by atoms with E-state index in [4.69, 9.17) is 14.6 Å². The van der Waals surface area contributed by atoms with E-state index in [1.54, 1.807) is 32.9 Å². The van der Waals surface area contributed by atoms with Crippen LogP contribution in [-0.4, -0.2) is 42.2 Å². The van der Waals surface area contributed by atoms with Gasteiger partial charge in [-0.15, -0.1) is 11.8 Å². The number of hydrogen-bond donors (Lipinski definition) is 2. The Morgan fingerprint density at radius 2 is 2.20 bits per heavy atom. The molecule has 1 aromatic rings. The fourth-order valence-electron chi connectivity index (χ4n) is 1.78. The molecule has 1 atom stereocenters. The first-order valence-corrected chi connectivity index (χ1v) is 7.24. The molecule has 20 heavy (non-hydrogen) atoms. The van der Waals surface area contributed by atoms with Crippen molar-refractivity contribution in [3.63, 3.8) is 0 Å². The van der Waals surface area contributed by atoms with Crippen molar-refractivity contribution in [1.29, 1.82) is 0 Å². The summed E-state index contributed by atoms with van der Waals surface area (Å²) in [5, 5.41) is 11.1. The van der Waals surface area contributed by atoms with E-state index in [1.807, 2.05) is 13.0 Å². The smallest absolute Gasteiger partial charge is 0.404 e. The molecule has 0 aliphatic heterocycles. The molecule has 112 valence electrons. The highest BCUT2D eigenvalue weighted by molar-refractivity contribution is 7.99. The van der Waals surface area contributed by atoms with E-state index in [0.717, 1.165) is 10.6 Å². The molecule has 2 N–H and O–H groups in total. The van der Waals surface area contributed by atoms with E-state index in [9.17, 15) is 4.79 Å². The number of carbonyl (C=O) groups is 1. The van der Waals surface area contributed by atoms with Gasteiger partial charge in [0.05, 0.1) is 24.8 Å². The molecule has 0 fully saturated rings. The van der Waals surface area contributed by atoms with Gasteiger partial charge in [0.25, 0.3) is 0 Å². The lowest BCUT2D eigenvalue weighted by atomic mass is 10.1.